The lowest BCUT2D eigenvalue weighted by atomic mass is 10.0. The maximum atomic E-state index is 10.6. The highest BCUT2D eigenvalue weighted by molar-refractivity contribution is 5.69. The van der Waals surface area contributed by atoms with Gasteiger partial charge in [0.15, 0.2) is 11.5 Å². The monoisotopic (exact) mass is 240 g/mol. The maximum absolute atomic E-state index is 10.6. The van der Waals surface area contributed by atoms with Gasteiger partial charge in [-0.2, -0.15) is 0 Å². The Labute approximate surface area is 99.6 Å². The molecule has 1 aromatic rings. The lowest BCUT2D eigenvalue weighted by molar-refractivity contribution is 0.140. The molecule has 0 aliphatic carbocycles. The molecule has 0 spiro atoms. The molecular formula is C12H16O5. The molecule has 0 radical (unpaired) electrons. The summed E-state index contributed by atoms with van der Waals surface area (Å²) < 4.78 is 9.92. The van der Waals surface area contributed by atoms with E-state index < -0.39 is 6.16 Å². The zero-order valence-corrected chi connectivity index (χ0v) is 10.3. The number of aromatic hydroxyl groups is 1. The molecule has 0 saturated heterocycles. The summed E-state index contributed by atoms with van der Waals surface area (Å²) >= 11 is 0. The maximum Gasteiger partial charge on any atom is 0.511 e. The summed E-state index contributed by atoms with van der Waals surface area (Å²) in [5.74, 6) is -0.0607. The van der Waals surface area contributed by atoms with Crippen molar-refractivity contribution in [3.63, 3.8) is 0 Å². The molecule has 0 atom stereocenters. The number of benzene rings is 1. The number of hydrogen-bond acceptors (Lipinski definition) is 4. The smallest absolute Gasteiger partial charge is 0.504 e. The van der Waals surface area contributed by atoms with Crippen molar-refractivity contribution in [2.45, 2.75) is 27.7 Å². The molecule has 17 heavy (non-hydrogen) atoms. The summed E-state index contributed by atoms with van der Waals surface area (Å²) in [5.41, 5.74) is 2.20. The van der Waals surface area contributed by atoms with E-state index in [2.05, 4.69) is 4.74 Å². The third-order valence-electron chi connectivity index (χ3n) is 2.72. The zero-order chi connectivity index (χ0) is 13.2. The zero-order valence-electron chi connectivity index (χ0n) is 10.3. The van der Waals surface area contributed by atoms with Gasteiger partial charge in [0.05, 0.1) is 6.61 Å². The van der Waals surface area contributed by atoms with Gasteiger partial charge in [0.2, 0.25) is 5.75 Å². The van der Waals surface area contributed by atoms with Gasteiger partial charge in [-0.25, -0.2) is 4.79 Å². The lowest BCUT2D eigenvalue weighted by Crippen LogP contribution is -2.08. The van der Waals surface area contributed by atoms with Crippen LogP contribution in [-0.4, -0.2) is 23.0 Å². The average Bonchev–Trinajstić information content (AvgIpc) is 2.28. The van der Waals surface area contributed by atoms with E-state index in [4.69, 9.17) is 9.84 Å². The van der Waals surface area contributed by atoms with E-state index in [1.54, 1.807) is 20.8 Å². The number of rotatable bonds is 3. The second kappa shape index (κ2) is 4.95. The second-order valence-electron chi connectivity index (χ2n) is 3.68. The van der Waals surface area contributed by atoms with Gasteiger partial charge >= 0.3 is 6.16 Å². The minimum atomic E-state index is -1.48. The van der Waals surface area contributed by atoms with Crippen molar-refractivity contribution in [1.29, 1.82) is 0 Å². The standard InChI is InChI=1S/C12H16O5/c1-5-16-10-8(4)6(2)7(3)9(13)11(10)17-12(14)15/h13H,5H2,1-4H3,(H,14,15). The van der Waals surface area contributed by atoms with E-state index in [-0.39, 0.29) is 17.2 Å². The van der Waals surface area contributed by atoms with Crippen LogP contribution in [0.1, 0.15) is 23.6 Å². The van der Waals surface area contributed by atoms with Crippen LogP contribution in [0.3, 0.4) is 0 Å². The topological polar surface area (TPSA) is 76.0 Å². The number of hydrogen-bond donors (Lipinski definition) is 2. The molecule has 0 unspecified atom stereocenters. The average molecular weight is 240 g/mol. The Kier molecular flexibility index (Phi) is 3.83. The Bertz CT molecular complexity index is 451. The molecule has 0 amide bonds. The van der Waals surface area contributed by atoms with Crippen molar-refractivity contribution < 1.29 is 24.5 Å². The molecule has 0 heterocycles. The van der Waals surface area contributed by atoms with Crippen LogP contribution in [0.2, 0.25) is 0 Å². The van der Waals surface area contributed by atoms with E-state index in [9.17, 15) is 9.90 Å². The van der Waals surface area contributed by atoms with Crippen molar-refractivity contribution in [1.82, 2.24) is 0 Å². The van der Waals surface area contributed by atoms with Crippen LogP contribution < -0.4 is 9.47 Å². The van der Waals surface area contributed by atoms with Crippen LogP contribution >= 0.6 is 0 Å². The summed E-state index contributed by atoms with van der Waals surface area (Å²) in [6, 6.07) is 0. The third kappa shape index (κ3) is 2.43. The Morgan fingerprint density at radius 1 is 1.12 bits per heavy atom. The third-order valence-corrected chi connectivity index (χ3v) is 2.72. The molecule has 0 bridgehead atoms. The first-order valence-electron chi connectivity index (χ1n) is 5.26. The predicted octanol–water partition coefficient (Wildman–Crippen LogP) is 2.77. The minimum Gasteiger partial charge on any atom is -0.504 e. The highest BCUT2D eigenvalue weighted by atomic mass is 16.7. The van der Waals surface area contributed by atoms with Crippen LogP contribution in [-0.2, 0) is 0 Å². The van der Waals surface area contributed by atoms with Crippen LogP contribution in [0.25, 0.3) is 0 Å². The van der Waals surface area contributed by atoms with Gasteiger partial charge in [0.1, 0.15) is 0 Å². The quantitative estimate of drug-likeness (QED) is 0.627. The molecule has 0 aliphatic heterocycles. The predicted molar refractivity (Wildman–Crippen MR) is 62.1 cm³/mol. The Hall–Kier alpha value is -1.91. The fraction of sp³-hybridized carbons (Fsp3) is 0.417. The molecule has 5 heteroatoms. The van der Waals surface area contributed by atoms with E-state index in [1.807, 2.05) is 6.92 Å². The van der Waals surface area contributed by atoms with E-state index in [0.717, 1.165) is 11.1 Å². The van der Waals surface area contributed by atoms with Gasteiger partial charge in [0.25, 0.3) is 0 Å². The van der Waals surface area contributed by atoms with Gasteiger partial charge in [-0.15, -0.1) is 0 Å². The van der Waals surface area contributed by atoms with Gasteiger partial charge in [-0.1, -0.05) is 0 Å². The van der Waals surface area contributed by atoms with Gasteiger partial charge in [-0.3, -0.25) is 0 Å². The molecule has 2 N–H and O–H groups in total. The van der Waals surface area contributed by atoms with Crippen molar-refractivity contribution in [2.75, 3.05) is 6.61 Å². The molecule has 0 saturated carbocycles. The fourth-order valence-corrected chi connectivity index (χ4v) is 1.58. The van der Waals surface area contributed by atoms with E-state index >= 15 is 0 Å². The molecule has 94 valence electrons. The van der Waals surface area contributed by atoms with E-state index in [0.29, 0.717) is 12.2 Å². The number of phenols is 1. The fourth-order valence-electron chi connectivity index (χ4n) is 1.58. The first-order valence-corrected chi connectivity index (χ1v) is 5.26. The minimum absolute atomic E-state index is 0.139. The molecule has 0 fully saturated rings. The summed E-state index contributed by atoms with van der Waals surface area (Å²) in [7, 11) is 0. The Morgan fingerprint density at radius 2 is 1.71 bits per heavy atom. The molecule has 0 aliphatic rings. The Morgan fingerprint density at radius 3 is 2.18 bits per heavy atom. The van der Waals surface area contributed by atoms with Gasteiger partial charge < -0.3 is 19.7 Å². The van der Waals surface area contributed by atoms with Crippen LogP contribution in [0.15, 0.2) is 0 Å². The van der Waals surface area contributed by atoms with Gasteiger partial charge in [-0.05, 0) is 44.4 Å². The van der Waals surface area contributed by atoms with Crippen molar-refractivity contribution in [3.05, 3.63) is 16.7 Å². The first-order chi connectivity index (χ1) is 7.90. The highest BCUT2D eigenvalue weighted by Crippen LogP contribution is 2.44. The summed E-state index contributed by atoms with van der Waals surface area (Å²) in [6.45, 7) is 7.45. The molecule has 1 aromatic carbocycles. The van der Waals surface area contributed by atoms with Crippen molar-refractivity contribution in [3.8, 4) is 17.2 Å². The molecular weight excluding hydrogens is 224 g/mol. The highest BCUT2D eigenvalue weighted by Gasteiger charge is 2.21. The van der Waals surface area contributed by atoms with Crippen LogP contribution in [0.5, 0.6) is 17.2 Å². The van der Waals surface area contributed by atoms with Crippen molar-refractivity contribution >= 4 is 6.16 Å². The second-order valence-corrected chi connectivity index (χ2v) is 3.68. The molecule has 0 aromatic heterocycles. The number of carbonyl (C=O) groups is 1. The van der Waals surface area contributed by atoms with Crippen LogP contribution in [0.4, 0.5) is 4.79 Å². The molecule has 1 rings (SSSR count). The number of ether oxygens (including phenoxy) is 2. The summed E-state index contributed by atoms with van der Waals surface area (Å²) in [5, 5.41) is 18.5. The number of carboxylic acid groups (broad SMARTS) is 1. The van der Waals surface area contributed by atoms with E-state index in [1.165, 1.54) is 0 Å². The SMILES string of the molecule is CCOc1c(C)c(C)c(C)c(O)c1OC(=O)O. The summed E-state index contributed by atoms with van der Waals surface area (Å²) in [4.78, 5) is 10.6. The normalized spacial score (nSPS) is 10.1. The Balaban J connectivity index is 3.47. The number of phenolic OH excluding ortho intramolecular Hbond substituents is 1. The van der Waals surface area contributed by atoms with Gasteiger partial charge in [0, 0.05) is 0 Å². The largest absolute Gasteiger partial charge is 0.511 e. The lowest BCUT2D eigenvalue weighted by Gasteiger charge is -2.17. The summed E-state index contributed by atoms with van der Waals surface area (Å²) in [6.07, 6.45) is -1.48. The van der Waals surface area contributed by atoms with Crippen molar-refractivity contribution in [2.24, 2.45) is 0 Å². The molecule has 5 nitrogen and oxygen atoms in total. The first kappa shape index (κ1) is 13.2. The van der Waals surface area contributed by atoms with Crippen LogP contribution in [0, 0.1) is 20.8 Å².